The summed E-state index contributed by atoms with van der Waals surface area (Å²) >= 11 is 0. The average Bonchev–Trinajstić information content (AvgIpc) is 3.04. The molecule has 0 spiro atoms. The van der Waals surface area contributed by atoms with Gasteiger partial charge in [0.15, 0.2) is 0 Å². The highest BCUT2D eigenvalue weighted by molar-refractivity contribution is 5.97. The minimum absolute atomic E-state index is 0.0516. The van der Waals surface area contributed by atoms with Crippen LogP contribution >= 0.6 is 0 Å². The number of rotatable bonds is 24. The smallest absolute Gasteiger partial charge is 0.331 e. The standard InChI is InChI=1S/C40H58N2O8/c1-8-23-48-38(45)18-15-33-26-34(41-36(43)16-19-39(46)49-24-21-31(6)13-9-11-29(2)3)28-35(27-33)42-37(44)17-20-40(47)50-25-22-32(7)14-10-12-30(4)5/h8,11-12,15,18,26-28,31-32H,1,9-10,13-14,16-17,19-25H2,2-7H3,(H,41,43)(H,42,44)/b18-15+. The van der Waals surface area contributed by atoms with Gasteiger partial charge in [-0.05, 0) is 108 Å². The molecule has 2 atom stereocenters. The number of anilines is 2. The van der Waals surface area contributed by atoms with Crippen molar-refractivity contribution in [1.82, 2.24) is 0 Å². The van der Waals surface area contributed by atoms with Gasteiger partial charge < -0.3 is 24.8 Å². The van der Waals surface area contributed by atoms with Gasteiger partial charge in [-0.1, -0.05) is 49.8 Å². The van der Waals surface area contributed by atoms with Gasteiger partial charge >= 0.3 is 17.9 Å². The summed E-state index contributed by atoms with van der Waals surface area (Å²) in [5.74, 6) is -1.51. The Hall–Kier alpha value is -4.47. The highest BCUT2D eigenvalue weighted by atomic mass is 16.5. The van der Waals surface area contributed by atoms with Crippen LogP contribution in [-0.2, 0) is 38.2 Å². The second kappa shape index (κ2) is 25.5. The lowest BCUT2D eigenvalue weighted by atomic mass is 10.0. The van der Waals surface area contributed by atoms with E-state index in [2.05, 4.69) is 70.9 Å². The maximum atomic E-state index is 12.7. The molecule has 276 valence electrons. The van der Waals surface area contributed by atoms with Crippen molar-refractivity contribution in [2.75, 3.05) is 30.5 Å². The zero-order valence-corrected chi connectivity index (χ0v) is 30.9. The number of esters is 3. The highest BCUT2D eigenvalue weighted by Gasteiger charge is 2.13. The molecule has 0 bridgehead atoms. The minimum atomic E-state index is -0.591. The Morgan fingerprint density at radius 1 is 0.680 bits per heavy atom. The quantitative estimate of drug-likeness (QED) is 0.0476. The van der Waals surface area contributed by atoms with Crippen LogP contribution < -0.4 is 10.6 Å². The fraction of sp³-hybridized carbons (Fsp3) is 0.525. The number of hydrogen-bond donors (Lipinski definition) is 2. The molecule has 2 unspecified atom stereocenters. The zero-order valence-electron chi connectivity index (χ0n) is 30.9. The van der Waals surface area contributed by atoms with Gasteiger partial charge in [0.2, 0.25) is 11.8 Å². The molecule has 1 aromatic carbocycles. The molecule has 1 rings (SSSR count). The Bertz CT molecular complexity index is 1270. The van der Waals surface area contributed by atoms with Crippen molar-refractivity contribution in [3.05, 3.63) is 65.8 Å². The summed E-state index contributed by atoms with van der Waals surface area (Å²) in [7, 11) is 0. The Labute approximate surface area is 298 Å². The van der Waals surface area contributed by atoms with Gasteiger partial charge in [-0.25, -0.2) is 4.79 Å². The zero-order chi connectivity index (χ0) is 37.3. The summed E-state index contributed by atoms with van der Waals surface area (Å²) in [4.78, 5) is 61.9. The molecule has 0 fully saturated rings. The van der Waals surface area contributed by atoms with E-state index in [-0.39, 0.29) is 32.3 Å². The topological polar surface area (TPSA) is 137 Å². The molecule has 0 aliphatic rings. The normalized spacial score (nSPS) is 11.9. The molecule has 2 N–H and O–H groups in total. The van der Waals surface area contributed by atoms with E-state index in [0.717, 1.165) is 38.5 Å². The first kappa shape index (κ1) is 43.6. The predicted molar refractivity (Wildman–Crippen MR) is 199 cm³/mol. The van der Waals surface area contributed by atoms with Crippen molar-refractivity contribution in [3.8, 4) is 0 Å². The first-order chi connectivity index (χ1) is 23.8. The van der Waals surface area contributed by atoms with E-state index in [1.807, 2.05) is 0 Å². The first-order valence-corrected chi connectivity index (χ1v) is 17.6. The van der Waals surface area contributed by atoms with Gasteiger partial charge in [0.1, 0.15) is 6.61 Å². The summed E-state index contributed by atoms with van der Waals surface area (Å²) in [5.41, 5.74) is 3.73. The molecule has 1 aromatic rings. The molecule has 0 radical (unpaired) electrons. The summed E-state index contributed by atoms with van der Waals surface area (Å²) in [5, 5.41) is 5.47. The van der Waals surface area contributed by atoms with Crippen molar-refractivity contribution in [2.45, 2.75) is 106 Å². The maximum Gasteiger partial charge on any atom is 0.331 e. The molecule has 0 aromatic heterocycles. The van der Waals surface area contributed by atoms with Gasteiger partial charge in [-0.2, -0.15) is 0 Å². The second-order valence-electron chi connectivity index (χ2n) is 13.1. The SMILES string of the molecule is C=CCOC(=O)/C=C/c1cc(NC(=O)CCC(=O)OCCC(C)CCC=C(C)C)cc(NC(=O)CCC(=O)OCCC(C)CCC=C(C)C)c1. The van der Waals surface area contributed by atoms with E-state index in [1.54, 1.807) is 18.2 Å². The summed E-state index contributed by atoms with van der Waals surface area (Å²) in [6.07, 6.45) is 13.7. The van der Waals surface area contributed by atoms with Crippen molar-refractivity contribution in [3.63, 3.8) is 0 Å². The average molecular weight is 695 g/mol. The van der Waals surface area contributed by atoms with Gasteiger partial charge in [-0.3, -0.25) is 19.2 Å². The van der Waals surface area contributed by atoms with Crippen LogP contribution in [-0.4, -0.2) is 49.5 Å². The Morgan fingerprint density at radius 2 is 1.14 bits per heavy atom. The van der Waals surface area contributed by atoms with E-state index in [9.17, 15) is 24.0 Å². The highest BCUT2D eigenvalue weighted by Crippen LogP contribution is 2.22. The maximum absolute atomic E-state index is 12.7. The number of amides is 2. The molecule has 10 heteroatoms. The minimum Gasteiger partial charge on any atom is -0.466 e. The van der Waals surface area contributed by atoms with Crippen LogP contribution in [0.25, 0.3) is 6.08 Å². The Morgan fingerprint density at radius 3 is 1.56 bits per heavy atom. The van der Waals surface area contributed by atoms with Crippen molar-refractivity contribution >= 4 is 47.2 Å². The third-order valence-corrected chi connectivity index (χ3v) is 7.56. The number of ether oxygens (including phenoxy) is 3. The number of hydrogen-bond acceptors (Lipinski definition) is 8. The third-order valence-electron chi connectivity index (χ3n) is 7.56. The van der Waals surface area contributed by atoms with Gasteiger partial charge in [0.25, 0.3) is 0 Å². The molecule has 0 heterocycles. The predicted octanol–water partition coefficient (Wildman–Crippen LogP) is 8.50. The summed E-state index contributed by atoms with van der Waals surface area (Å²) in [6, 6.07) is 4.77. The van der Waals surface area contributed by atoms with Crippen LogP contribution in [0.15, 0.2) is 60.2 Å². The number of nitrogens with one attached hydrogen (secondary N) is 2. The van der Waals surface area contributed by atoms with E-state index in [0.29, 0.717) is 42.0 Å². The van der Waals surface area contributed by atoms with E-state index < -0.39 is 29.7 Å². The van der Waals surface area contributed by atoms with Crippen LogP contribution in [0.5, 0.6) is 0 Å². The van der Waals surface area contributed by atoms with Crippen LogP contribution in [0.4, 0.5) is 11.4 Å². The number of carbonyl (C=O) groups is 5. The van der Waals surface area contributed by atoms with Crippen LogP contribution in [0.3, 0.4) is 0 Å². The Balaban J connectivity index is 2.71. The van der Waals surface area contributed by atoms with E-state index in [1.165, 1.54) is 29.4 Å². The molecule has 0 saturated heterocycles. The van der Waals surface area contributed by atoms with Gasteiger partial charge in [-0.15, -0.1) is 0 Å². The van der Waals surface area contributed by atoms with E-state index >= 15 is 0 Å². The second-order valence-corrected chi connectivity index (χ2v) is 13.1. The number of carbonyl (C=O) groups excluding carboxylic acids is 5. The molecule has 0 aliphatic carbocycles. The molecule has 2 amide bonds. The van der Waals surface area contributed by atoms with E-state index in [4.69, 9.17) is 14.2 Å². The molecule has 0 saturated carbocycles. The summed E-state index contributed by atoms with van der Waals surface area (Å²) < 4.78 is 15.6. The van der Waals surface area contributed by atoms with Crippen LogP contribution in [0.1, 0.15) is 111 Å². The lowest BCUT2D eigenvalue weighted by molar-refractivity contribution is -0.145. The first-order valence-electron chi connectivity index (χ1n) is 17.6. The van der Waals surface area contributed by atoms with Crippen molar-refractivity contribution in [2.24, 2.45) is 11.8 Å². The lowest BCUT2D eigenvalue weighted by Crippen LogP contribution is -2.17. The van der Waals surface area contributed by atoms with Crippen molar-refractivity contribution < 1.29 is 38.2 Å². The monoisotopic (exact) mass is 694 g/mol. The van der Waals surface area contributed by atoms with Gasteiger partial charge in [0.05, 0.1) is 26.1 Å². The molecule has 0 aliphatic heterocycles. The van der Waals surface area contributed by atoms with Gasteiger partial charge in [0, 0.05) is 30.3 Å². The third kappa shape index (κ3) is 23.0. The molecule has 50 heavy (non-hydrogen) atoms. The molecule has 10 nitrogen and oxygen atoms in total. The number of allylic oxidation sites excluding steroid dienone is 4. The fourth-order valence-corrected chi connectivity index (χ4v) is 4.62. The molecular weight excluding hydrogens is 636 g/mol. The summed E-state index contributed by atoms with van der Waals surface area (Å²) in [6.45, 7) is 16.7. The van der Waals surface area contributed by atoms with Crippen LogP contribution in [0, 0.1) is 11.8 Å². The van der Waals surface area contributed by atoms with Crippen LogP contribution in [0.2, 0.25) is 0 Å². The molecular formula is C40H58N2O8. The van der Waals surface area contributed by atoms with Crippen molar-refractivity contribution in [1.29, 1.82) is 0 Å². The Kier molecular flexibility index (Phi) is 22.2. The fourth-order valence-electron chi connectivity index (χ4n) is 4.62. The largest absolute Gasteiger partial charge is 0.466 e. The lowest BCUT2D eigenvalue weighted by Gasteiger charge is -2.12. The number of benzene rings is 1.